The van der Waals surface area contributed by atoms with E-state index in [0.717, 1.165) is 17.2 Å². The number of carbonyl (C=O) groups excluding carboxylic acids is 1. The van der Waals surface area contributed by atoms with E-state index in [1.165, 1.54) is 11.0 Å². The minimum absolute atomic E-state index is 0.349. The molecule has 0 unspecified atom stereocenters. The highest BCUT2D eigenvalue weighted by Gasteiger charge is 2.09. The molecule has 0 aliphatic rings. The van der Waals surface area contributed by atoms with Crippen molar-refractivity contribution in [1.82, 2.24) is 4.90 Å². The van der Waals surface area contributed by atoms with Gasteiger partial charge >= 0.3 is 12.1 Å². The van der Waals surface area contributed by atoms with Gasteiger partial charge in [-0.3, -0.25) is 0 Å². The zero-order valence-corrected chi connectivity index (χ0v) is 11.0. The van der Waals surface area contributed by atoms with E-state index in [4.69, 9.17) is 9.84 Å². The van der Waals surface area contributed by atoms with E-state index in [1.807, 2.05) is 12.1 Å². The topological polar surface area (TPSA) is 66.8 Å². The normalized spacial score (nSPS) is 10.4. The van der Waals surface area contributed by atoms with Crippen molar-refractivity contribution in [2.75, 3.05) is 13.7 Å². The van der Waals surface area contributed by atoms with Crippen molar-refractivity contribution in [2.24, 2.45) is 0 Å². The van der Waals surface area contributed by atoms with Crippen LogP contribution in [0.5, 0.6) is 0 Å². The van der Waals surface area contributed by atoms with Crippen molar-refractivity contribution < 1.29 is 19.4 Å². The van der Waals surface area contributed by atoms with Gasteiger partial charge in [0.05, 0.1) is 6.61 Å². The van der Waals surface area contributed by atoms with Crippen LogP contribution in [0.4, 0.5) is 4.79 Å². The number of rotatable bonds is 5. The van der Waals surface area contributed by atoms with Crippen LogP contribution in [0.15, 0.2) is 30.3 Å². The fourth-order valence-corrected chi connectivity index (χ4v) is 1.47. The first-order valence-corrected chi connectivity index (χ1v) is 5.90. The summed E-state index contributed by atoms with van der Waals surface area (Å²) in [6.07, 6.45) is 2.23. The maximum atomic E-state index is 11.4. The predicted molar refractivity (Wildman–Crippen MR) is 71.6 cm³/mol. The van der Waals surface area contributed by atoms with Crippen LogP contribution in [-0.2, 0) is 16.1 Å². The SMILES string of the molecule is CCOC(=O)N(C)Cc1ccc(C=CC(=O)O)cc1. The molecule has 0 spiro atoms. The fraction of sp³-hybridized carbons (Fsp3) is 0.286. The van der Waals surface area contributed by atoms with Crippen LogP contribution >= 0.6 is 0 Å². The summed E-state index contributed by atoms with van der Waals surface area (Å²) < 4.78 is 4.88. The summed E-state index contributed by atoms with van der Waals surface area (Å²) in [5.74, 6) is -0.980. The molecule has 0 fully saturated rings. The molecule has 0 bridgehead atoms. The largest absolute Gasteiger partial charge is 0.478 e. The monoisotopic (exact) mass is 263 g/mol. The van der Waals surface area contributed by atoms with Gasteiger partial charge in [-0.05, 0) is 24.1 Å². The van der Waals surface area contributed by atoms with E-state index in [2.05, 4.69) is 0 Å². The molecule has 1 aromatic carbocycles. The maximum absolute atomic E-state index is 11.4. The molecule has 0 atom stereocenters. The van der Waals surface area contributed by atoms with Gasteiger partial charge < -0.3 is 14.7 Å². The highest BCUT2D eigenvalue weighted by Crippen LogP contribution is 2.09. The van der Waals surface area contributed by atoms with Crippen LogP contribution in [0.3, 0.4) is 0 Å². The molecule has 0 saturated carbocycles. The number of benzene rings is 1. The van der Waals surface area contributed by atoms with Gasteiger partial charge in [-0.1, -0.05) is 24.3 Å². The van der Waals surface area contributed by atoms with Crippen LogP contribution in [-0.4, -0.2) is 35.7 Å². The highest BCUT2D eigenvalue weighted by atomic mass is 16.5. The molecule has 1 amide bonds. The first-order valence-electron chi connectivity index (χ1n) is 5.90. The number of aliphatic carboxylic acids is 1. The molecule has 0 saturated heterocycles. The summed E-state index contributed by atoms with van der Waals surface area (Å²) in [6, 6.07) is 7.29. The average molecular weight is 263 g/mol. The fourth-order valence-electron chi connectivity index (χ4n) is 1.47. The second-order valence-electron chi connectivity index (χ2n) is 3.97. The van der Waals surface area contributed by atoms with Gasteiger partial charge in [0.25, 0.3) is 0 Å². The number of carboxylic acid groups (broad SMARTS) is 1. The zero-order valence-electron chi connectivity index (χ0n) is 11.0. The highest BCUT2D eigenvalue weighted by molar-refractivity contribution is 5.85. The third kappa shape index (κ3) is 5.25. The smallest absolute Gasteiger partial charge is 0.409 e. The Morgan fingerprint density at radius 1 is 1.32 bits per heavy atom. The molecule has 1 aromatic rings. The van der Waals surface area contributed by atoms with Crippen LogP contribution in [0.2, 0.25) is 0 Å². The number of ether oxygens (including phenoxy) is 1. The summed E-state index contributed by atoms with van der Waals surface area (Å²) in [6.45, 7) is 2.55. The molecule has 5 nitrogen and oxygen atoms in total. The van der Waals surface area contributed by atoms with Gasteiger partial charge in [-0.2, -0.15) is 0 Å². The summed E-state index contributed by atoms with van der Waals surface area (Å²) in [7, 11) is 1.66. The molecule has 5 heteroatoms. The molecule has 19 heavy (non-hydrogen) atoms. The van der Waals surface area contributed by atoms with E-state index >= 15 is 0 Å². The Labute approximate surface area is 112 Å². The molecule has 1 N–H and O–H groups in total. The quantitative estimate of drug-likeness (QED) is 0.828. The van der Waals surface area contributed by atoms with E-state index in [1.54, 1.807) is 26.1 Å². The van der Waals surface area contributed by atoms with Gasteiger partial charge in [-0.25, -0.2) is 9.59 Å². The lowest BCUT2D eigenvalue weighted by atomic mass is 10.1. The Morgan fingerprint density at radius 2 is 1.95 bits per heavy atom. The van der Waals surface area contributed by atoms with Gasteiger partial charge in [0.1, 0.15) is 0 Å². The number of hydrogen-bond donors (Lipinski definition) is 1. The van der Waals surface area contributed by atoms with Crippen molar-refractivity contribution in [3.05, 3.63) is 41.5 Å². The summed E-state index contributed by atoms with van der Waals surface area (Å²) in [5, 5.41) is 8.52. The lowest BCUT2D eigenvalue weighted by molar-refractivity contribution is -0.131. The van der Waals surface area contributed by atoms with Crippen molar-refractivity contribution in [3.63, 3.8) is 0 Å². The number of hydrogen-bond acceptors (Lipinski definition) is 3. The first-order chi connectivity index (χ1) is 9.02. The number of carboxylic acids is 1. The standard InChI is InChI=1S/C14H17NO4/c1-3-19-14(18)15(2)10-12-6-4-11(5-7-12)8-9-13(16)17/h4-9H,3,10H2,1-2H3,(H,16,17). The van der Waals surface area contributed by atoms with E-state index in [9.17, 15) is 9.59 Å². The minimum atomic E-state index is -0.980. The second kappa shape index (κ2) is 7.20. The third-order valence-corrected chi connectivity index (χ3v) is 2.40. The molecule has 102 valence electrons. The Balaban J connectivity index is 2.61. The molecule has 0 aromatic heterocycles. The van der Waals surface area contributed by atoms with E-state index in [-0.39, 0.29) is 6.09 Å². The molecule has 0 aliphatic heterocycles. The van der Waals surface area contributed by atoms with Crippen LogP contribution in [0.1, 0.15) is 18.1 Å². The van der Waals surface area contributed by atoms with E-state index < -0.39 is 5.97 Å². The van der Waals surface area contributed by atoms with Crippen LogP contribution in [0, 0.1) is 0 Å². The van der Waals surface area contributed by atoms with Crippen molar-refractivity contribution in [1.29, 1.82) is 0 Å². The Kier molecular flexibility index (Phi) is 5.60. The van der Waals surface area contributed by atoms with Gasteiger partial charge in [-0.15, -0.1) is 0 Å². The second-order valence-corrected chi connectivity index (χ2v) is 3.97. The van der Waals surface area contributed by atoms with Crippen molar-refractivity contribution in [3.8, 4) is 0 Å². The Morgan fingerprint density at radius 3 is 2.47 bits per heavy atom. The van der Waals surface area contributed by atoms with Crippen molar-refractivity contribution in [2.45, 2.75) is 13.5 Å². The summed E-state index contributed by atoms with van der Waals surface area (Å²) in [4.78, 5) is 23.3. The van der Waals surface area contributed by atoms with Gasteiger partial charge in [0.15, 0.2) is 0 Å². The van der Waals surface area contributed by atoms with Crippen molar-refractivity contribution >= 4 is 18.1 Å². The molecule has 0 aliphatic carbocycles. The Hall–Kier alpha value is -2.30. The minimum Gasteiger partial charge on any atom is -0.478 e. The average Bonchev–Trinajstić information content (AvgIpc) is 2.38. The number of amides is 1. The van der Waals surface area contributed by atoms with Crippen LogP contribution in [0.25, 0.3) is 6.08 Å². The molecular weight excluding hydrogens is 246 g/mol. The lowest BCUT2D eigenvalue weighted by Crippen LogP contribution is -2.26. The Bertz CT molecular complexity index is 465. The molecule has 1 rings (SSSR count). The zero-order chi connectivity index (χ0) is 14.3. The number of nitrogens with zero attached hydrogens (tertiary/aromatic N) is 1. The lowest BCUT2D eigenvalue weighted by Gasteiger charge is -2.16. The maximum Gasteiger partial charge on any atom is 0.409 e. The van der Waals surface area contributed by atoms with Gasteiger partial charge in [0.2, 0.25) is 0 Å². The molecule has 0 heterocycles. The molecular formula is C14H17NO4. The molecule has 0 radical (unpaired) electrons. The predicted octanol–water partition coefficient (Wildman–Crippen LogP) is 2.37. The summed E-state index contributed by atoms with van der Waals surface area (Å²) >= 11 is 0. The summed E-state index contributed by atoms with van der Waals surface area (Å²) in [5.41, 5.74) is 1.74. The van der Waals surface area contributed by atoms with Crippen LogP contribution < -0.4 is 0 Å². The first kappa shape index (κ1) is 14.8. The third-order valence-electron chi connectivity index (χ3n) is 2.40. The number of carbonyl (C=O) groups is 2. The van der Waals surface area contributed by atoms with E-state index in [0.29, 0.717) is 13.2 Å². The van der Waals surface area contributed by atoms with Gasteiger partial charge in [0, 0.05) is 19.7 Å².